The van der Waals surface area contributed by atoms with Crippen LogP contribution in [0.5, 0.6) is 0 Å². The highest BCUT2D eigenvalue weighted by molar-refractivity contribution is 5.70. The molecule has 72 heavy (non-hydrogen) atoms. The molecule has 0 aromatic rings. The Morgan fingerprint density at radius 3 is 0.903 bits per heavy atom. The van der Waals surface area contributed by atoms with Crippen LogP contribution in [0.1, 0.15) is 309 Å². The number of ether oxygens (including phenoxy) is 2. The first-order valence-corrected chi connectivity index (χ1v) is 31.1. The van der Waals surface area contributed by atoms with Crippen molar-refractivity contribution in [2.75, 3.05) is 13.2 Å². The van der Waals surface area contributed by atoms with Gasteiger partial charge in [0.05, 0.1) is 6.61 Å². The molecule has 1 atom stereocenters. The lowest BCUT2D eigenvalue weighted by Crippen LogP contribution is -2.28. The average Bonchev–Trinajstić information content (AvgIpc) is 3.38. The Morgan fingerprint density at radius 1 is 0.333 bits per heavy atom. The molecule has 0 heterocycles. The monoisotopic (exact) mass is 1000 g/mol. The van der Waals surface area contributed by atoms with E-state index in [9.17, 15) is 14.7 Å². The van der Waals surface area contributed by atoms with E-state index in [0.29, 0.717) is 12.8 Å². The molecule has 0 saturated heterocycles. The lowest BCUT2D eigenvalue weighted by atomic mass is 10.0. The van der Waals surface area contributed by atoms with Gasteiger partial charge in [0.2, 0.25) is 0 Å². The number of unbranched alkanes of at least 4 members (excludes halogenated alkanes) is 35. The van der Waals surface area contributed by atoms with Gasteiger partial charge in [0, 0.05) is 12.8 Å². The minimum absolute atomic E-state index is 0.0720. The van der Waals surface area contributed by atoms with Gasteiger partial charge in [-0.05, 0) is 89.9 Å². The topological polar surface area (TPSA) is 72.8 Å². The van der Waals surface area contributed by atoms with Crippen LogP contribution in [0, 0.1) is 0 Å². The molecule has 0 rings (SSSR count). The van der Waals surface area contributed by atoms with E-state index in [0.717, 1.165) is 83.5 Å². The van der Waals surface area contributed by atoms with Crippen LogP contribution in [0.4, 0.5) is 0 Å². The van der Waals surface area contributed by atoms with Gasteiger partial charge in [-0.15, -0.1) is 0 Å². The SMILES string of the molecule is CC/C=C\C/C=C\C/C=C\C/C=C\CCCCCCCCCCCCCCCCCCCCCCCCCCCCC(=O)OC(CO)COC(=O)CCCCCCCC/C=C\C/C=C\C/C=C\CCCCC. The number of esters is 2. The van der Waals surface area contributed by atoms with Crippen molar-refractivity contribution in [3.63, 3.8) is 0 Å². The van der Waals surface area contributed by atoms with Crippen molar-refractivity contribution in [2.24, 2.45) is 0 Å². The lowest BCUT2D eigenvalue weighted by molar-refractivity contribution is -0.161. The van der Waals surface area contributed by atoms with Gasteiger partial charge in [0.25, 0.3) is 0 Å². The molecule has 5 heteroatoms. The third kappa shape index (κ3) is 59.6. The van der Waals surface area contributed by atoms with E-state index in [1.165, 1.54) is 199 Å². The number of aliphatic hydroxyl groups is 1. The number of rotatable bonds is 57. The van der Waals surface area contributed by atoms with Crippen molar-refractivity contribution in [1.82, 2.24) is 0 Å². The summed E-state index contributed by atoms with van der Waals surface area (Å²) < 4.78 is 10.7. The quantitative estimate of drug-likeness (QED) is 0.0373. The second kappa shape index (κ2) is 62.4. The number of aliphatic hydroxyl groups excluding tert-OH is 1. The first-order chi connectivity index (χ1) is 35.6. The third-order valence-electron chi connectivity index (χ3n) is 13.7. The Labute approximate surface area is 447 Å². The van der Waals surface area contributed by atoms with Crippen LogP contribution in [0.2, 0.25) is 0 Å². The van der Waals surface area contributed by atoms with E-state index in [-0.39, 0.29) is 25.2 Å². The second-order valence-corrected chi connectivity index (χ2v) is 20.8. The summed E-state index contributed by atoms with van der Waals surface area (Å²) in [7, 11) is 0. The predicted molar refractivity (Wildman–Crippen MR) is 316 cm³/mol. The molecule has 5 nitrogen and oxygen atoms in total. The lowest BCUT2D eigenvalue weighted by Gasteiger charge is -2.15. The van der Waals surface area contributed by atoms with E-state index in [1.54, 1.807) is 0 Å². The fourth-order valence-electron chi connectivity index (χ4n) is 9.03. The summed E-state index contributed by atoms with van der Waals surface area (Å²) in [5, 5.41) is 9.66. The van der Waals surface area contributed by atoms with Gasteiger partial charge in [-0.25, -0.2) is 0 Å². The molecule has 0 bridgehead atoms. The Morgan fingerprint density at radius 2 is 0.597 bits per heavy atom. The maximum absolute atomic E-state index is 12.3. The summed E-state index contributed by atoms with van der Waals surface area (Å²) in [6, 6.07) is 0. The summed E-state index contributed by atoms with van der Waals surface area (Å²) in [5.74, 6) is -0.595. The van der Waals surface area contributed by atoms with Crippen LogP contribution < -0.4 is 0 Å². The fourth-order valence-corrected chi connectivity index (χ4v) is 9.03. The highest BCUT2D eigenvalue weighted by Crippen LogP contribution is 2.17. The largest absolute Gasteiger partial charge is 0.462 e. The van der Waals surface area contributed by atoms with E-state index < -0.39 is 6.10 Å². The zero-order valence-electron chi connectivity index (χ0n) is 47.7. The molecule has 0 aliphatic carbocycles. The number of hydrogen-bond donors (Lipinski definition) is 1. The highest BCUT2D eigenvalue weighted by Gasteiger charge is 2.16. The Hall–Kier alpha value is -2.92. The summed E-state index contributed by atoms with van der Waals surface area (Å²) in [6.07, 6.45) is 87.3. The maximum atomic E-state index is 12.3. The van der Waals surface area contributed by atoms with Gasteiger partial charge in [-0.2, -0.15) is 0 Å². The van der Waals surface area contributed by atoms with Crippen molar-refractivity contribution in [3.8, 4) is 0 Å². The van der Waals surface area contributed by atoms with Gasteiger partial charge in [-0.3, -0.25) is 9.59 Å². The normalized spacial score (nSPS) is 12.8. The molecule has 1 N–H and O–H groups in total. The minimum atomic E-state index is -0.779. The number of carbonyl (C=O) groups is 2. The van der Waals surface area contributed by atoms with Crippen molar-refractivity contribution in [3.05, 3.63) is 85.1 Å². The number of hydrogen-bond acceptors (Lipinski definition) is 5. The third-order valence-corrected chi connectivity index (χ3v) is 13.7. The van der Waals surface area contributed by atoms with Crippen LogP contribution >= 0.6 is 0 Å². The summed E-state index contributed by atoms with van der Waals surface area (Å²) in [5.41, 5.74) is 0. The molecular formula is C67H118O5. The zero-order chi connectivity index (χ0) is 52.0. The molecule has 0 spiro atoms. The second-order valence-electron chi connectivity index (χ2n) is 20.8. The van der Waals surface area contributed by atoms with Crippen LogP contribution in [-0.4, -0.2) is 36.4 Å². The molecule has 0 aliphatic rings. The van der Waals surface area contributed by atoms with E-state index >= 15 is 0 Å². The molecule has 0 aromatic heterocycles. The van der Waals surface area contributed by atoms with E-state index in [1.807, 2.05) is 0 Å². The van der Waals surface area contributed by atoms with Crippen LogP contribution in [0.3, 0.4) is 0 Å². The van der Waals surface area contributed by atoms with Crippen molar-refractivity contribution >= 4 is 11.9 Å². The molecule has 0 saturated carbocycles. The van der Waals surface area contributed by atoms with Crippen LogP contribution in [0.25, 0.3) is 0 Å². The molecule has 416 valence electrons. The van der Waals surface area contributed by atoms with Crippen LogP contribution in [0.15, 0.2) is 85.1 Å². The number of allylic oxidation sites excluding steroid dienone is 14. The molecule has 0 aromatic carbocycles. The Kier molecular flexibility index (Phi) is 59.8. The van der Waals surface area contributed by atoms with E-state index in [2.05, 4.69) is 98.9 Å². The molecular weight excluding hydrogens is 885 g/mol. The predicted octanol–water partition coefficient (Wildman–Crippen LogP) is 21.3. The molecule has 1 unspecified atom stereocenters. The Balaban J connectivity index is 3.42. The molecule has 0 radical (unpaired) electrons. The van der Waals surface area contributed by atoms with E-state index in [4.69, 9.17) is 9.47 Å². The summed E-state index contributed by atoms with van der Waals surface area (Å²) >= 11 is 0. The summed E-state index contributed by atoms with van der Waals surface area (Å²) in [6.45, 7) is 4.02. The van der Waals surface area contributed by atoms with Gasteiger partial charge < -0.3 is 14.6 Å². The first kappa shape index (κ1) is 69.1. The van der Waals surface area contributed by atoms with Crippen molar-refractivity contribution in [1.29, 1.82) is 0 Å². The van der Waals surface area contributed by atoms with Crippen molar-refractivity contribution < 1.29 is 24.2 Å². The first-order valence-electron chi connectivity index (χ1n) is 31.1. The van der Waals surface area contributed by atoms with Gasteiger partial charge >= 0.3 is 11.9 Å². The van der Waals surface area contributed by atoms with Crippen LogP contribution in [-0.2, 0) is 19.1 Å². The highest BCUT2D eigenvalue weighted by atomic mass is 16.6. The standard InChI is InChI=1S/C67H118O5/c1-3-5-7-9-11-13-15-17-19-21-23-24-25-26-27-28-29-30-31-32-33-34-35-36-37-38-39-40-41-42-44-46-48-50-52-54-56-58-60-62-67(70)72-65(63-68)64-71-66(69)61-59-57-55-53-51-49-47-45-43-22-20-18-16-14-12-10-8-6-4-2/h5,7,11-14,17-20,23-24,43,45,65,68H,3-4,6,8-10,15-16,21-22,25-42,44,46-64H2,1-2H3/b7-5-,13-11-,14-12-,19-17-,20-18-,24-23-,45-43-. The number of carbonyl (C=O) groups excluding carboxylic acids is 2. The fraction of sp³-hybridized carbons (Fsp3) is 0.761. The summed E-state index contributed by atoms with van der Waals surface area (Å²) in [4.78, 5) is 24.5. The van der Waals surface area contributed by atoms with Gasteiger partial charge in [0.1, 0.15) is 6.61 Å². The average molecular weight is 1000 g/mol. The van der Waals surface area contributed by atoms with Crippen molar-refractivity contribution in [2.45, 2.75) is 315 Å². The molecule has 0 fully saturated rings. The minimum Gasteiger partial charge on any atom is -0.462 e. The molecule has 0 aliphatic heterocycles. The maximum Gasteiger partial charge on any atom is 0.306 e. The Bertz CT molecular complexity index is 1320. The smallest absolute Gasteiger partial charge is 0.306 e. The van der Waals surface area contributed by atoms with Gasteiger partial charge in [0.15, 0.2) is 6.10 Å². The van der Waals surface area contributed by atoms with Gasteiger partial charge in [-0.1, -0.05) is 292 Å². The zero-order valence-corrected chi connectivity index (χ0v) is 47.7. The molecule has 0 amide bonds.